The monoisotopic (exact) mass is 275 g/mol. The Labute approximate surface area is 121 Å². The van der Waals surface area contributed by atoms with E-state index in [4.69, 9.17) is 0 Å². The number of benzene rings is 1. The van der Waals surface area contributed by atoms with Gasteiger partial charge in [-0.2, -0.15) is 0 Å². The van der Waals surface area contributed by atoms with Gasteiger partial charge in [0.1, 0.15) is 0 Å². The molecular formula is C17H25NO2. The molecule has 0 amide bonds. The highest BCUT2D eigenvalue weighted by atomic mass is 16.4. The van der Waals surface area contributed by atoms with Crippen molar-refractivity contribution in [3.8, 4) is 0 Å². The van der Waals surface area contributed by atoms with Gasteiger partial charge in [0.2, 0.25) is 0 Å². The third-order valence-corrected chi connectivity index (χ3v) is 4.57. The van der Waals surface area contributed by atoms with Crippen LogP contribution < -0.4 is 0 Å². The minimum atomic E-state index is -0.681. The van der Waals surface area contributed by atoms with Crippen LogP contribution in [0.4, 0.5) is 0 Å². The standard InChI is InChI=1S/C17H25NO2/c1-13-6-4-7-14(10-13)11-18-9-5-8-15(12-18)17(2,3)16(19)20/h4,6-7,10,15H,5,8-9,11-12H2,1-3H3,(H,19,20). The molecule has 3 nitrogen and oxygen atoms in total. The summed E-state index contributed by atoms with van der Waals surface area (Å²) in [6.07, 6.45) is 2.11. The molecule has 1 fully saturated rings. The van der Waals surface area contributed by atoms with Gasteiger partial charge in [-0.15, -0.1) is 0 Å². The van der Waals surface area contributed by atoms with Gasteiger partial charge in [0.15, 0.2) is 0 Å². The number of aryl methyl sites for hydroxylation is 1. The second-order valence-corrected chi connectivity index (χ2v) is 6.59. The number of carboxylic acid groups (broad SMARTS) is 1. The number of likely N-dealkylation sites (tertiary alicyclic amines) is 1. The number of carbonyl (C=O) groups is 1. The van der Waals surface area contributed by atoms with E-state index in [1.165, 1.54) is 11.1 Å². The fourth-order valence-corrected chi connectivity index (χ4v) is 3.03. The zero-order chi connectivity index (χ0) is 14.8. The molecule has 1 saturated heterocycles. The molecule has 1 atom stereocenters. The first-order chi connectivity index (χ1) is 9.39. The van der Waals surface area contributed by atoms with Gasteiger partial charge < -0.3 is 5.11 Å². The van der Waals surface area contributed by atoms with Crippen molar-refractivity contribution >= 4 is 5.97 Å². The van der Waals surface area contributed by atoms with E-state index in [-0.39, 0.29) is 5.92 Å². The van der Waals surface area contributed by atoms with Crippen LogP contribution in [-0.4, -0.2) is 29.1 Å². The van der Waals surface area contributed by atoms with E-state index in [9.17, 15) is 9.90 Å². The van der Waals surface area contributed by atoms with Crippen LogP contribution in [0.1, 0.15) is 37.8 Å². The van der Waals surface area contributed by atoms with Gasteiger partial charge in [-0.05, 0) is 51.6 Å². The molecule has 1 aromatic carbocycles. The van der Waals surface area contributed by atoms with Crippen molar-refractivity contribution in [3.05, 3.63) is 35.4 Å². The molecule has 110 valence electrons. The Kier molecular flexibility index (Phi) is 4.48. The topological polar surface area (TPSA) is 40.5 Å². The van der Waals surface area contributed by atoms with E-state index >= 15 is 0 Å². The molecule has 1 heterocycles. The van der Waals surface area contributed by atoms with E-state index in [1.54, 1.807) is 0 Å². The predicted molar refractivity (Wildman–Crippen MR) is 80.6 cm³/mol. The summed E-state index contributed by atoms with van der Waals surface area (Å²) in [7, 11) is 0. The molecule has 1 aliphatic heterocycles. The van der Waals surface area contributed by atoms with Crippen LogP contribution in [0.3, 0.4) is 0 Å². The molecule has 0 saturated carbocycles. The Balaban J connectivity index is 2.02. The van der Waals surface area contributed by atoms with Crippen LogP contribution in [0.2, 0.25) is 0 Å². The summed E-state index contributed by atoms with van der Waals surface area (Å²) in [6.45, 7) is 8.70. The molecule has 0 bridgehead atoms. The van der Waals surface area contributed by atoms with Crippen molar-refractivity contribution in [2.75, 3.05) is 13.1 Å². The first-order valence-electron chi connectivity index (χ1n) is 7.41. The normalized spacial score (nSPS) is 20.9. The highest BCUT2D eigenvalue weighted by Gasteiger charge is 2.38. The molecule has 2 rings (SSSR count). The van der Waals surface area contributed by atoms with E-state index in [1.807, 2.05) is 13.8 Å². The zero-order valence-electron chi connectivity index (χ0n) is 12.7. The van der Waals surface area contributed by atoms with Crippen molar-refractivity contribution in [1.82, 2.24) is 4.90 Å². The zero-order valence-corrected chi connectivity index (χ0v) is 12.7. The lowest BCUT2D eigenvalue weighted by Gasteiger charge is -2.39. The molecule has 1 unspecified atom stereocenters. The average molecular weight is 275 g/mol. The largest absolute Gasteiger partial charge is 0.481 e. The van der Waals surface area contributed by atoms with Crippen LogP contribution in [0.5, 0.6) is 0 Å². The van der Waals surface area contributed by atoms with E-state index in [0.29, 0.717) is 0 Å². The van der Waals surface area contributed by atoms with Crippen molar-refractivity contribution in [2.24, 2.45) is 11.3 Å². The lowest BCUT2D eigenvalue weighted by Crippen LogP contribution is -2.44. The summed E-state index contributed by atoms with van der Waals surface area (Å²) in [5.41, 5.74) is 1.96. The first-order valence-corrected chi connectivity index (χ1v) is 7.41. The van der Waals surface area contributed by atoms with Crippen LogP contribution in [0.15, 0.2) is 24.3 Å². The number of carboxylic acids is 1. The first kappa shape index (κ1) is 15.0. The maximum atomic E-state index is 11.4. The van der Waals surface area contributed by atoms with E-state index < -0.39 is 11.4 Å². The van der Waals surface area contributed by atoms with E-state index in [0.717, 1.165) is 32.5 Å². The maximum absolute atomic E-state index is 11.4. The molecule has 1 aromatic rings. The third kappa shape index (κ3) is 3.40. The Morgan fingerprint density at radius 3 is 2.85 bits per heavy atom. The van der Waals surface area contributed by atoms with Gasteiger partial charge in [-0.25, -0.2) is 0 Å². The fraction of sp³-hybridized carbons (Fsp3) is 0.588. The van der Waals surface area contributed by atoms with Crippen LogP contribution in [0, 0.1) is 18.3 Å². The Hall–Kier alpha value is -1.35. The van der Waals surface area contributed by atoms with Crippen LogP contribution >= 0.6 is 0 Å². The minimum absolute atomic E-state index is 0.235. The van der Waals surface area contributed by atoms with Gasteiger partial charge in [0, 0.05) is 13.1 Å². The molecule has 0 spiro atoms. The summed E-state index contributed by atoms with van der Waals surface area (Å²) in [5.74, 6) is -0.446. The highest BCUT2D eigenvalue weighted by molar-refractivity contribution is 5.74. The van der Waals surface area contributed by atoms with Gasteiger partial charge in [0.25, 0.3) is 0 Å². The molecule has 1 aliphatic rings. The third-order valence-electron chi connectivity index (χ3n) is 4.57. The lowest BCUT2D eigenvalue weighted by molar-refractivity contribution is -0.151. The molecule has 0 aromatic heterocycles. The SMILES string of the molecule is Cc1cccc(CN2CCCC(C(C)(C)C(=O)O)C2)c1. The number of rotatable bonds is 4. The predicted octanol–water partition coefficient (Wildman–Crippen LogP) is 3.32. The molecule has 0 radical (unpaired) electrons. The molecule has 0 aliphatic carbocycles. The average Bonchev–Trinajstić information content (AvgIpc) is 2.39. The summed E-state index contributed by atoms with van der Waals surface area (Å²) in [6, 6.07) is 8.56. The minimum Gasteiger partial charge on any atom is -0.481 e. The van der Waals surface area contributed by atoms with Crippen molar-refractivity contribution in [3.63, 3.8) is 0 Å². The lowest BCUT2D eigenvalue weighted by atomic mass is 9.74. The quantitative estimate of drug-likeness (QED) is 0.916. The number of piperidine rings is 1. The van der Waals surface area contributed by atoms with Gasteiger partial charge >= 0.3 is 5.97 Å². The highest BCUT2D eigenvalue weighted by Crippen LogP contribution is 2.34. The summed E-state index contributed by atoms with van der Waals surface area (Å²) in [4.78, 5) is 13.8. The summed E-state index contributed by atoms with van der Waals surface area (Å²) >= 11 is 0. The number of hydrogen-bond donors (Lipinski definition) is 1. The number of nitrogens with zero attached hydrogens (tertiary/aromatic N) is 1. The Morgan fingerprint density at radius 2 is 2.20 bits per heavy atom. The molecular weight excluding hydrogens is 250 g/mol. The molecule has 3 heteroatoms. The van der Waals surface area contributed by atoms with Gasteiger partial charge in [-0.1, -0.05) is 29.8 Å². The summed E-state index contributed by atoms with van der Waals surface area (Å²) in [5, 5.41) is 9.39. The summed E-state index contributed by atoms with van der Waals surface area (Å²) < 4.78 is 0. The molecule has 1 N–H and O–H groups in total. The van der Waals surface area contributed by atoms with Crippen molar-refractivity contribution < 1.29 is 9.90 Å². The van der Waals surface area contributed by atoms with Crippen molar-refractivity contribution in [2.45, 2.75) is 40.2 Å². The van der Waals surface area contributed by atoms with Gasteiger partial charge in [0.05, 0.1) is 5.41 Å². The maximum Gasteiger partial charge on any atom is 0.309 e. The Morgan fingerprint density at radius 1 is 1.45 bits per heavy atom. The van der Waals surface area contributed by atoms with Crippen molar-refractivity contribution in [1.29, 1.82) is 0 Å². The second kappa shape index (κ2) is 5.96. The van der Waals surface area contributed by atoms with Crippen LogP contribution in [-0.2, 0) is 11.3 Å². The molecule has 20 heavy (non-hydrogen) atoms. The number of hydrogen-bond acceptors (Lipinski definition) is 2. The second-order valence-electron chi connectivity index (χ2n) is 6.59. The Bertz CT molecular complexity index is 482. The number of aliphatic carboxylic acids is 1. The van der Waals surface area contributed by atoms with Crippen LogP contribution in [0.25, 0.3) is 0 Å². The smallest absolute Gasteiger partial charge is 0.309 e. The van der Waals surface area contributed by atoms with Gasteiger partial charge in [-0.3, -0.25) is 9.69 Å². The fourth-order valence-electron chi connectivity index (χ4n) is 3.03. The van der Waals surface area contributed by atoms with E-state index in [2.05, 4.69) is 36.1 Å².